The summed E-state index contributed by atoms with van der Waals surface area (Å²) >= 11 is 1.84. The number of hydrogen-bond donors (Lipinski definition) is 2. The average molecular weight is 302 g/mol. The van der Waals surface area contributed by atoms with Crippen molar-refractivity contribution < 1.29 is 4.79 Å². The lowest BCUT2D eigenvalue weighted by Crippen LogP contribution is -2.38. The van der Waals surface area contributed by atoms with Crippen molar-refractivity contribution in [2.45, 2.75) is 37.5 Å². The summed E-state index contributed by atoms with van der Waals surface area (Å²) in [7, 11) is 0. The van der Waals surface area contributed by atoms with Crippen molar-refractivity contribution in [3.63, 3.8) is 0 Å². The number of carbonyl (C=O) groups excluding carboxylic acids is 1. The Hall–Kier alpha value is -1.44. The molecule has 1 aliphatic carbocycles. The Morgan fingerprint density at radius 2 is 2.29 bits per heavy atom. The van der Waals surface area contributed by atoms with Gasteiger partial charge in [0, 0.05) is 16.9 Å². The minimum atomic E-state index is -0.0257. The minimum absolute atomic E-state index is 0.0257. The molecule has 1 saturated carbocycles. The van der Waals surface area contributed by atoms with Crippen molar-refractivity contribution in [3.05, 3.63) is 34.9 Å². The molecule has 0 heterocycles. The molecule has 112 valence electrons. The second kappa shape index (κ2) is 7.53. The highest BCUT2D eigenvalue weighted by Gasteiger charge is 2.28. The minimum Gasteiger partial charge on any atom is -0.348 e. The number of nitrogens with one attached hydrogen (secondary N) is 1. The number of thioether (sulfide) groups is 1. The molecule has 1 aliphatic rings. The highest BCUT2D eigenvalue weighted by atomic mass is 32.2. The second-order valence-electron chi connectivity index (χ2n) is 5.34. The van der Waals surface area contributed by atoms with Crippen molar-refractivity contribution in [3.8, 4) is 11.8 Å². The number of aryl methyl sites for hydroxylation is 1. The fraction of sp³-hybridized carbons (Fsp3) is 0.471. The molecule has 3 N–H and O–H groups in total. The van der Waals surface area contributed by atoms with Gasteiger partial charge in [-0.2, -0.15) is 11.8 Å². The molecule has 2 atom stereocenters. The van der Waals surface area contributed by atoms with Gasteiger partial charge in [0.1, 0.15) is 0 Å². The molecule has 21 heavy (non-hydrogen) atoms. The number of rotatable bonds is 3. The second-order valence-corrected chi connectivity index (χ2v) is 6.42. The zero-order chi connectivity index (χ0) is 15.2. The van der Waals surface area contributed by atoms with Crippen molar-refractivity contribution in [1.29, 1.82) is 0 Å². The van der Waals surface area contributed by atoms with Crippen molar-refractivity contribution in [2.75, 3.05) is 12.8 Å². The maximum absolute atomic E-state index is 12.5. The lowest BCUT2D eigenvalue weighted by atomic mass is 10.0. The Balaban J connectivity index is 2.18. The van der Waals surface area contributed by atoms with Gasteiger partial charge in [0.05, 0.1) is 12.1 Å². The summed E-state index contributed by atoms with van der Waals surface area (Å²) in [6.45, 7) is 2.29. The van der Waals surface area contributed by atoms with Crippen LogP contribution < -0.4 is 11.1 Å². The molecule has 0 aromatic heterocycles. The third-order valence-electron chi connectivity index (χ3n) is 3.82. The summed E-state index contributed by atoms with van der Waals surface area (Å²) in [6, 6.07) is 6.01. The molecule has 0 aliphatic heterocycles. The van der Waals surface area contributed by atoms with Crippen LogP contribution in [0, 0.1) is 18.8 Å². The lowest BCUT2D eigenvalue weighted by molar-refractivity contribution is 0.0938. The smallest absolute Gasteiger partial charge is 0.252 e. The first-order valence-corrected chi connectivity index (χ1v) is 8.57. The first-order valence-electron chi connectivity index (χ1n) is 7.29. The molecule has 1 amide bonds. The molecular formula is C17H22N2OS. The van der Waals surface area contributed by atoms with E-state index in [1.807, 2.05) is 36.9 Å². The Kier molecular flexibility index (Phi) is 5.72. The fourth-order valence-electron chi connectivity index (χ4n) is 2.73. The maximum Gasteiger partial charge on any atom is 0.252 e. The maximum atomic E-state index is 12.5. The van der Waals surface area contributed by atoms with Gasteiger partial charge in [-0.25, -0.2) is 0 Å². The first-order chi connectivity index (χ1) is 10.2. The highest BCUT2D eigenvalue weighted by molar-refractivity contribution is 7.99. The Labute approximate surface area is 131 Å². The predicted molar refractivity (Wildman–Crippen MR) is 89.5 cm³/mol. The third kappa shape index (κ3) is 4.03. The zero-order valence-corrected chi connectivity index (χ0v) is 13.4. The molecule has 0 bridgehead atoms. The molecule has 0 saturated heterocycles. The van der Waals surface area contributed by atoms with Crippen LogP contribution in [0.1, 0.15) is 40.7 Å². The predicted octanol–water partition coefficient (Wildman–Crippen LogP) is 2.32. The largest absolute Gasteiger partial charge is 0.348 e. The van der Waals surface area contributed by atoms with Crippen LogP contribution in [0.4, 0.5) is 0 Å². The number of hydrogen-bond acceptors (Lipinski definition) is 3. The van der Waals surface area contributed by atoms with Crippen LogP contribution in [0.2, 0.25) is 0 Å². The standard InChI is InChI=1S/C17H22N2OS/c1-12-8-9-14(13(11-12)5-4-10-18)17(20)19-15-6-3-7-16(15)21-2/h8-9,11,15-16H,3,6-7,10,18H2,1-2H3,(H,19,20). The summed E-state index contributed by atoms with van der Waals surface area (Å²) in [4.78, 5) is 12.5. The van der Waals surface area contributed by atoms with E-state index in [-0.39, 0.29) is 11.9 Å². The molecule has 2 rings (SSSR count). The van der Waals surface area contributed by atoms with Gasteiger partial charge in [-0.15, -0.1) is 0 Å². The van der Waals surface area contributed by atoms with Crippen LogP contribution >= 0.6 is 11.8 Å². The Morgan fingerprint density at radius 3 is 3.00 bits per heavy atom. The highest BCUT2D eigenvalue weighted by Crippen LogP contribution is 2.28. The van der Waals surface area contributed by atoms with E-state index in [9.17, 15) is 4.79 Å². The number of amides is 1. The number of benzene rings is 1. The number of carbonyl (C=O) groups is 1. The molecule has 0 spiro atoms. The van der Waals surface area contributed by atoms with Gasteiger partial charge < -0.3 is 11.1 Å². The number of nitrogens with two attached hydrogens (primary N) is 1. The van der Waals surface area contributed by atoms with Gasteiger partial charge in [-0.05, 0) is 43.7 Å². The van der Waals surface area contributed by atoms with Gasteiger partial charge in [0.2, 0.25) is 0 Å². The van der Waals surface area contributed by atoms with Crippen molar-refractivity contribution in [2.24, 2.45) is 5.73 Å². The van der Waals surface area contributed by atoms with Gasteiger partial charge in [0.15, 0.2) is 0 Å². The topological polar surface area (TPSA) is 55.1 Å². The van der Waals surface area contributed by atoms with E-state index in [4.69, 9.17) is 5.73 Å². The van der Waals surface area contributed by atoms with Crippen LogP contribution in [-0.4, -0.2) is 30.0 Å². The van der Waals surface area contributed by atoms with Gasteiger partial charge in [0.25, 0.3) is 5.91 Å². The summed E-state index contributed by atoms with van der Waals surface area (Å²) in [5, 5.41) is 3.70. The molecule has 0 radical (unpaired) electrons. The van der Waals surface area contributed by atoms with Gasteiger partial charge in [-0.3, -0.25) is 4.79 Å². The third-order valence-corrected chi connectivity index (χ3v) is 4.99. The summed E-state index contributed by atoms with van der Waals surface area (Å²) in [5.74, 6) is 5.81. The normalized spacial score (nSPS) is 20.7. The van der Waals surface area contributed by atoms with Crippen LogP contribution in [0.15, 0.2) is 18.2 Å². The lowest BCUT2D eigenvalue weighted by Gasteiger charge is -2.19. The van der Waals surface area contributed by atoms with E-state index in [0.29, 0.717) is 17.4 Å². The Bertz CT molecular complexity index is 574. The van der Waals surface area contributed by atoms with E-state index in [1.165, 1.54) is 12.8 Å². The van der Waals surface area contributed by atoms with E-state index >= 15 is 0 Å². The quantitative estimate of drug-likeness (QED) is 0.843. The van der Waals surface area contributed by atoms with Crippen molar-refractivity contribution >= 4 is 17.7 Å². The fourth-order valence-corrected chi connectivity index (χ4v) is 3.66. The molecule has 1 aromatic carbocycles. The van der Waals surface area contributed by atoms with Crippen LogP contribution in [0.5, 0.6) is 0 Å². The summed E-state index contributed by atoms with van der Waals surface area (Å²) < 4.78 is 0. The van der Waals surface area contributed by atoms with Crippen LogP contribution in [0.3, 0.4) is 0 Å². The van der Waals surface area contributed by atoms with E-state index < -0.39 is 0 Å². The Morgan fingerprint density at radius 1 is 1.48 bits per heavy atom. The van der Waals surface area contributed by atoms with Crippen LogP contribution in [-0.2, 0) is 0 Å². The zero-order valence-electron chi connectivity index (χ0n) is 12.6. The molecule has 4 heteroatoms. The monoisotopic (exact) mass is 302 g/mol. The molecule has 3 nitrogen and oxygen atoms in total. The first kappa shape index (κ1) is 15.9. The van der Waals surface area contributed by atoms with Crippen molar-refractivity contribution in [1.82, 2.24) is 5.32 Å². The SMILES string of the molecule is CSC1CCCC1NC(=O)c1ccc(C)cc1C#CCN. The van der Waals surface area contributed by atoms with Gasteiger partial charge >= 0.3 is 0 Å². The molecular weight excluding hydrogens is 280 g/mol. The molecule has 2 unspecified atom stereocenters. The average Bonchev–Trinajstić information content (AvgIpc) is 2.92. The molecule has 1 aromatic rings. The molecule has 1 fully saturated rings. The van der Waals surface area contributed by atoms with E-state index in [2.05, 4.69) is 23.4 Å². The van der Waals surface area contributed by atoms with Crippen LogP contribution in [0.25, 0.3) is 0 Å². The van der Waals surface area contributed by atoms with Gasteiger partial charge in [-0.1, -0.05) is 24.3 Å². The summed E-state index contributed by atoms with van der Waals surface area (Å²) in [6.07, 6.45) is 5.54. The summed E-state index contributed by atoms with van der Waals surface area (Å²) in [5.41, 5.74) is 7.93. The van der Waals surface area contributed by atoms with E-state index in [1.54, 1.807) is 0 Å². The van der Waals surface area contributed by atoms with E-state index in [0.717, 1.165) is 17.5 Å².